The van der Waals surface area contributed by atoms with Crippen molar-refractivity contribution in [3.63, 3.8) is 0 Å². The molecule has 4 heteroatoms. The molecule has 1 aliphatic heterocycles. The Morgan fingerprint density at radius 1 is 1.32 bits per heavy atom. The molecule has 0 saturated carbocycles. The summed E-state index contributed by atoms with van der Waals surface area (Å²) < 4.78 is 16.2. The van der Waals surface area contributed by atoms with E-state index in [1.807, 2.05) is 12.1 Å². The topological polar surface area (TPSA) is 39.7 Å². The first kappa shape index (κ1) is 14.2. The van der Waals surface area contributed by atoms with Crippen LogP contribution in [0.2, 0.25) is 0 Å². The predicted octanol–water partition coefficient (Wildman–Crippen LogP) is 2.53. The lowest BCUT2D eigenvalue weighted by Gasteiger charge is -2.18. The van der Waals surface area contributed by atoms with Crippen molar-refractivity contribution in [2.24, 2.45) is 0 Å². The zero-order valence-electron chi connectivity index (χ0n) is 11.9. The summed E-state index contributed by atoms with van der Waals surface area (Å²) in [5, 5.41) is 3.51. The number of hydrogen-bond donors (Lipinski definition) is 1. The first-order chi connectivity index (χ1) is 9.24. The van der Waals surface area contributed by atoms with Gasteiger partial charge in [-0.2, -0.15) is 0 Å². The van der Waals surface area contributed by atoms with Gasteiger partial charge in [-0.05, 0) is 37.5 Å². The van der Waals surface area contributed by atoms with Gasteiger partial charge in [0.1, 0.15) is 0 Å². The molecule has 19 heavy (non-hydrogen) atoms. The van der Waals surface area contributed by atoms with E-state index in [0.717, 1.165) is 31.1 Å². The van der Waals surface area contributed by atoms with Crippen LogP contribution in [0.3, 0.4) is 0 Å². The van der Waals surface area contributed by atoms with Crippen LogP contribution in [-0.2, 0) is 4.74 Å². The molecule has 0 aromatic heterocycles. The first-order valence-corrected chi connectivity index (χ1v) is 6.81. The van der Waals surface area contributed by atoms with E-state index in [9.17, 15) is 0 Å². The Labute approximate surface area is 115 Å². The van der Waals surface area contributed by atoms with Crippen molar-refractivity contribution < 1.29 is 14.2 Å². The van der Waals surface area contributed by atoms with Crippen LogP contribution in [-0.4, -0.2) is 33.5 Å². The molecule has 0 aliphatic carbocycles. The molecule has 2 unspecified atom stereocenters. The van der Waals surface area contributed by atoms with Crippen LogP contribution in [0.25, 0.3) is 0 Å². The second-order valence-corrected chi connectivity index (χ2v) is 4.88. The van der Waals surface area contributed by atoms with Gasteiger partial charge in [0, 0.05) is 19.2 Å². The Kier molecular flexibility index (Phi) is 5.05. The van der Waals surface area contributed by atoms with E-state index in [4.69, 9.17) is 14.2 Å². The Balaban J connectivity index is 1.95. The van der Waals surface area contributed by atoms with Gasteiger partial charge in [0.15, 0.2) is 11.5 Å². The SMILES string of the molecule is COc1ccc(C(C)NCC2CCCO2)cc1OC. The van der Waals surface area contributed by atoms with E-state index in [-0.39, 0.29) is 6.04 Å². The van der Waals surface area contributed by atoms with Crippen molar-refractivity contribution in [2.75, 3.05) is 27.4 Å². The first-order valence-electron chi connectivity index (χ1n) is 6.81. The molecule has 0 spiro atoms. The van der Waals surface area contributed by atoms with Gasteiger partial charge < -0.3 is 19.5 Å². The van der Waals surface area contributed by atoms with Crippen LogP contribution in [0.5, 0.6) is 11.5 Å². The molecule has 2 rings (SSSR count). The van der Waals surface area contributed by atoms with Gasteiger partial charge in [0.2, 0.25) is 0 Å². The van der Waals surface area contributed by atoms with Crippen LogP contribution in [0.1, 0.15) is 31.4 Å². The molecule has 106 valence electrons. The molecule has 0 radical (unpaired) electrons. The third-order valence-corrected chi connectivity index (χ3v) is 3.58. The van der Waals surface area contributed by atoms with Gasteiger partial charge in [-0.1, -0.05) is 6.07 Å². The molecule has 0 amide bonds. The van der Waals surface area contributed by atoms with E-state index >= 15 is 0 Å². The van der Waals surface area contributed by atoms with E-state index < -0.39 is 0 Å². The number of benzene rings is 1. The average molecular weight is 265 g/mol. The molecule has 1 aliphatic rings. The number of rotatable bonds is 6. The Morgan fingerprint density at radius 2 is 2.11 bits per heavy atom. The maximum atomic E-state index is 5.61. The fourth-order valence-electron chi connectivity index (χ4n) is 2.35. The second-order valence-electron chi connectivity index (χ2n) is 4.88. The summed E-state index contributed by atoms with van der Waals surface area (Å²) in [6.07, 6.45) is 2.70. The summed E-state index contributed by atoms with van der Waals surface area (Å²) in [4.78, 5) is 0. The van der Waals surface area contributed by atoms with E-state index in [1.54, 1.807) is 14.2 Å². The number of ether oxygens (including phenoxy) is 3. The van der Waals surface area contributed by atoms with Gasteiger partial charge >= 0.3 is 0 Å². The summed E-state index contributed by atoms with van der Waals surface area (Å²) >= 11 is 0. The highest BCUT2D eigenvalue weighted by molar-refractivity contribution is 5.43. The summed E-state index contributed by atoms with van der Waals surface area (Å²) in [6.45, 7) is 3.95. The van der Waals surface area contributed by atoms with Crippen molar-refractivity contribution in [3.8, 4) is 11.5 Å². The predicted molar refractivity (Wildman–Crippen MR) is 74.9 cm³/mol. The van der Waals surface area contributed by atoms with Gasteiger partial charge in [-0.25, -0.2) is 0 Å². The third kappa shape index (κ3) is 3.61. The van der Waals surface area contributed by atoms with Crippen molar-refractivity contribution in [1.29, 1.82) is 0 Å². The smallest absolute Gasteiger partial charge is 0.161 e. The maximum absolute atomic E-state index is 5.61. The lowest BCUT2D eigenvalue weighted by atomic mass is 10.1. The van der Waals surface area contributed by atoms with Crippen molar-refractivity contribution >= 4 is 0 Å². The summed E-state index contributed by atoms with van der Waals surface area (Å²) in [7, 11) is 3.31. The summed E-state index contributed by atoms with van der Waals surface area (Å²) in [6, 6.07) is 6.29. The monoisotopic (exact) mass is 265 g/mol. The molecular formula is C15H23NO3. The van der Waals surface area contributed by atoms with Crippen molar-refractivity contribution in [2.45, 2.75) is 31.9 Å². The second kappa shape index (κ2) is 6.78. The minimum absolute atomic E-state index is 0.268. The number of nitrogens with one attached hydrogen (secondary N) is 1. The highest BCUT2D eigenvalue weighted by Gasteiger charge is 2.17. The Hall–Kier alpha value is -1.26. The van der Waals surface area contributed by atoms with Gasteiger partial charge in [-0.3, -0.25) is 0 Å². The zero-order valence-corrected chi connectivity index (χ0v) is 11.9. The Morgan fingerprint density at radius 3 is 2.74 bits per heavy atom. The van der Waals surface area contributed by atoms with Crippen molar-refractivity contribution in [1.82, 2.24) is 5.32 Å². The van der Waals surface area contributed by atoms with Crippen LogP contribution < -0.4 is 14.8 Å². The van der Waals surface area contributed by atoms with Crippen LogP contribution >= 0.6 is 0 Å². The maximum Gasteiger partial charge on any atom is 0.161 e. The molecule has 1 N–H and O–H groups in total. The molecule has 1 fully saturated rings. The van der Waals surface area contributed by atoms with Gasteiger partial charge in [0.05, 0.1) is 20.3 Å². The Bertz CT molecular complexity index is 402. The van der Waals surface area contributed by atoms with E-state index in [2.05, 4.69) is 18.3 Å². The van der Waals surface area contributed by atoms with Crippen LogP contribution in [0, 0.1) is 0 Å². The highest BCUT2D eigenvalue weighted by atomic mass is 16.5. The molecule has 4 nitrogen and oxygen atoms in total. The standard InChI is InChI=1S/C15H23NO3/c1-11(16-10-13-5-4-8-19-13)12-6-7-14(17-2)15(9-12)18-3/h6-7,9,11,13,16H,4-5,8,10H2,1-3H3. The molecule has 1 heterocycles. The third-order valence-electron chi connectivity index (χ3n) is 3.58. The summed E-state index contributed by atoms with van der Waals surface area (Å²) in [5.41, 5.74) is 1.19. The largest absolute Gasteiger partial charge is 0.493 e. The molecular weight excluding hydrogens is 242 g/mol. The van der Waals surface area contributed by atoms with Crippen LogP contribution in [0.15, 0.2) is 18.2 Å². The normalized spacial score (nSPS) is 20.3. The quantitative estimate of drug-likeness (QED) is 0.858. The minimum Gasteiger partial charge on any atom is -0.493 e. The fraction of sp³-hybridized carbons (Fsp3) is 0.600. The lowest BCUT2D eigenvalue weighted by molar-refractivity contribution is 0.108. The van der Waals surface area contributed by atoms with Gasteiger partial charge in [0.25, 0.3) is 0 Å². The van der Waals surface area contributed by atoms with Gasteiger partial charge in [-0.15, -0.1) is 0 Å². The molecule has 2 atom stereocenters. The highest BCUT2D eigenvalue weighted by Crippen LogP contribution is 2.29. The number of methoxy groups -OCH3 is 2. The lowest BCUT2D eigenvalue weighted by Crippen LogP contribution is -2.28. The van der Waals surface area contributed by atoms with E-state index in [0.29, 0.717) is 6.10 Å². The average Bonchev–Trinajstić information content (AvgIpc) is 2.97. The van der Waals surface area contributed by atoms with Crippen molar-refractivity contribution in [3.05, 3.63) is 23.8 Å². The number of hydrogen-bond acceptors (Lipinski definition) is 4. The summed E-state index contributed by atoms with van der Waals surface area (Å²) in [5.74, 6) is 1.53. The molecule has 1 aromatic carbocycles. The zero-order chi connectivity index (χ0) is 13.7. The van der Waals surface area contributed by atoms with Crippen LogP contribution in [0.4, 0.5) is 0 Å². The van der Waals surface area contributed by atoms with E-state index in [1.165, 1.54) is 12.0 Å². The molecule has 1 saturated heterocycles. The molecule has 1 aromatic rings. The fourth-order valence-corrected chi connectivity index (χ4v) is 2.35. The minimum atomic E-state index is 0.268. The molecule has 0 bridgehead atoms.